The van der Waals surface area contributed by atoms with Crippen molar-refractivity contribution in [1.82, 2.24) is 5.32 Å². The first kappa shape index (κ1) is 11.5. The molecule has 0 aromatic rings. The van der Waals surface area contributed by atoms with Gasteiger partial charge in [0.25, 0.3) is 5.91 Å². The van der Waals surface area contributed by atoms with E-state index in [1.807, 2.05) is 0 Å². The average Bonchev–Trinajstić information content (AvgIpc) is 2.80. The fourth-order valence-corrected chi connectivity index (χ4v) is 2.50. The van der Waals surface area contributed by atoms with Gasteiger partial charge in [-0.05, 0) is 17.7 Å². The number of carbonyl (C=O) groups is 1. The number of hydrogen-bond acceptors (Lipinski definition) is 3. The summed E-state index contributed by atoms with van der Waals surface area (Å²) in [5.41, 5.74) is 0. The number of rotatable bonds is 3. The van der Waals surface area contributed by atoms with Gasteiger partial charge in [-0.2, -0.15) is 0 Å². The number of halogens is 1. The van der Waals surface area contributed by atoms with Crippen LogP contribution in [0.1, 0.15) is 12.8 Å². The Kier molecular flexibility index (Phi) is 3.22. The van der Waals surface area contributed by atoms with E-state index in [2.05, 4.69) is 32.0 Å². The van der Waals surface area contributed by atoms with Crippen LogP contribution in [0, 0.1) is 10.8 Å². The number of carbonyl (C=O) groups excluding carboxylic acids is 1. The van der Waals surface area contributed by atoms with Crippen molar-refractivity contribution < 1.29 is 13.2 Å². The van der Waals surface area contributed by atoms with Crippen LogP contribution in [-0.4, -0.2) is 31.9 Å². The molecule has 1 aliphatic rings. The first-order chi connectivity index (χ1) is 6.41. The smallest absolute Gasteiger partial charge is 0.296 e. The van der Waals surface area contributed by atoms with Crippen molar-refractivity contribution in [3.63, 3.8) is 0 Å². The fourth-order valence-electron chi connectivity index (χ4n) is 1.15. The topological polar surface area (TPSA) is 63.2 Å². The predicted octanol–water partition coefficient (Wildman–Crippen LogP) is 0.0356. The van der Waals surface area contributed by atoms with Crippen molar-refractivity contribution in [2.24, 2.45) is 0 Å². The Morgan fingerprint density at radius 2 is 2.14 bits per heavy atom. The van der Waals surface area contributed by atoms with Crippen LogP contribution in [0.3, 0.4) is 0 Å². The minimum atomic E-state index is -3.08. The molecule has 4 nitrogen and oxygen atoms in total. The number of hydrogen-bond donors (Lipinski definition) is 1. The number of sulfone groups is 1. The summed E-state index contributed by atoms with van der Waals surface area (Å²) in [6.07, 6.45) is 2.43. The van der Waals surface area contributed by atoms with Gasteiger partial charge in [0.2, 0.25) is 0 Å². The minimum Gasteiger partial charge on any atom is -0.344 e. The highest BCUT2D eigenvalue weighted by molar-refractivity contribution is 9.12. The van der Waals surface area contributed by atoms with Gasteiger partial charge in [-0.15, -0.1) is 0 Å². The summed E-state index contributed by atoms with van der Waals surface area (Å²) in [6.45, 7) is 0.159. The molecule has 0 aromatic heterocycles. The van der Waals surface area contributed by atoms with Gasteiger partial charge in [-0.1, -0.05) is 0 Å². The first-order valence-electron chi connectivity index (χ1n) is 4.00. The monoisotopic (exact) mass is 279 g/mol. The lowest BCUT2D eigenvalue weighted by Crippen LogP contribution is -2.37. The van der Waals surface area contributed by atoms with E-state index in [1.165, 1.54) is 6.26 Å². The van der Waals surface area contributed by atoms with E-state index in [1.54, 1.807) is 0 Å². The van der Waals surface area contributed by atoms with Crippen molar-refractivity contribution in [3.05, 3.63) is 0 Å². The molecule has 0 aromatic carbocycles. The zero-order chi connectivity index (χ0) is 10.8. The molecule has 0 aliphatic heterocycles. The SMILES string of the molecule is CS(=O)(=O)C1(CNC(=O)C#CBr)CC1. The van der Waals surface area contributed by atoms with Crippen LogP contribution in [0.25, 0.3) is 0 Å². The van der Waals surface area contributed by atoms with E-state index in [0.29, 0.717) is 12.8 Å². The molecule has 1 saturated carbocycles. The van der Waals surface area contributed by atoms with Crippen molar-refractivity contribution in [2.75, 3.05) is 12.8 Å². The molecule has 78 valence electrons. The normalized spacial score (nSPS) is 17.9. The van der Waals surface area contributed by atoms with E-state index in [4.69, 9.17) is 0 Å². The van der Waals surface area contributed by atoms with Crippen molar-refractivity contribution in [2.45, 2.75) is 17.6 Å². The lowest BCUT2D eigenvalue weighted by molar-refractivity contribution is -0.115. The Morgan fingerprint density at radius 3 is 2.50 bits per heavy atom. The number of amides is 1. The quantitative estimate of drug-likeness (QED) is 0.742. The van der Waals surface area contributed by atoms with Crippen molar-refractivity contribution >= 4 is 31.7 Å². The standard InChI is InChI=1S/C8H10BrNO3S/c1-14(12,13)8(3-4-8)6-10-7(11)2-5-9/h3-4,6H2,1H3,(H,10,11). The summed E-state index contributed by atoms with van der Waals surface area (Å²) in [7, 11) is -3.08. The molecule has 1 aliphatic carbocycles. The van der Waals surface area contributed by atoms with Crippen LogP contribution in [0.5, 0.6) is 0 Å². The molecule has 0 atom stereocenters. The Labute approximate surface area is 91.5 Å². The van der Waals surface area contributed by atoms with Gasteiger partial charge in [0.05, 0.1) is 4.75 Å². The van der Waals surface area contributed by atoms with Gasteiger partial charge >= 0.3 is 0 Å². The van der Waals surface area contributed by atoms with E-state index in [9.17, 15) is 13.2 Å². The zero-order valence-electron chi connectivity index (χ0n) is 7.63. The van der Waals surface area contributed by atoms with Gasteiger partial charge in [-0.3, -0.25) is 4.79 Å². The van der Waals surface area contributed by atoms with Gasteiger partial charge in [0.15, 0.2) is 9.84 Å². The van der Waals surface area contributed by atoms with Crippen LogP contribution in [0.15, 0.2) is 0 Å². The molecule has 0 radical (unpaired) electrons. The fraction of sp³-hybridized carbons (Fsp3) is 0.625. The second-order valence-electron chi connectivity index (χ2n) is 3.36. The second-order valence-corrected chi connectivity index (χ2v) is 6.16. The highest BCUT2D eigenvalue weighted by Crippen LogP contribution is 2.42. The van der Waals surface area contributed by atoms with Gasteiger partial charge in [-0.25, -0.2) is 8.42 Å². The van der Waals surface area contributed by atoms with E-state index >= 15 is 0 Å². The third-order valence-corrected chi connectivity index (χ3v) is 4.65. The lowest BCUT2D eigenvalue weighted by Gasteiger charge is -2.12. The van der Waals surface area contributed by atoms with Gasteiger partial charge in [0, 0.05) is 34.7 Å². The maximum Gasteiger partial charge on any atom is 0.296 e. The van der Waals surface area contributed by atoms with Crippen molar-refractivity contribution in [1.29, 1.82) is 0 Å². The molecule has 0 spiro atoms. The Hall–Kier alpha value is -0.540. The molecule has 0 bridgehead atoms. The molecule has 0 heterocycles. The van der Waals surface area contributed by atoms with Crippen LogP contribution < -0.4 is 5.32 Å². The first-order valence-corrected chi connectivity index (χ1v) is 6.69. The summed E-state index contributed by atoms with van der Waals surface area (Å²) >= 11 is 2.79. The molecule has 6 heteroatoms. The number of nitrogens with one attached hydrogen (secondary N) is 1. The van der Waals surface area contributed by atoms with Crippen LogP contribution in [0.2, 0.25) is 0 Å². The van der Waals surface area contributed by atoms with Crippen LogP contribution in [0.4, 0.5) is 0 Å². The molecule has 0 unspecified atom stereocenters. The summed E-state index contributed by atoms with van der Waals surface area (Å²) in [5, 5.41) is 2.47. The predicted molar refractivity (Wildman–Crippen MR) is 56.5 cm³/mol. The molecular formula is C8H10BrNO3S. The average molecular weight is 280 g/mol. The van der Waals surface area contributed by atoms with E-state index < -0.39 is 20.5 Å². The largest absolute Gasteiger partial charge is 0.344 e. The summed E-state index contributed by atoms with van der Waals surface area (Å²) in [4.78, 5) is 13.2. The molecule has 14 heavy (non-hydrogen) atoms. The van der Waals surface area contributed by atoms with Crippen molar-refractivity contribution in [3.8, 4) is 10.8 Å². The molecular weight excluding hydrogens is 270 g/mol. The summed E-state index contributed by atoms with van der Waals surface area (Å²) in [6, 6.07) is 0. The van der Waals surface area contributed by atoms with Gasteiger partial charge < -0.3 is 5.32 Å². The molecule has 1 rings (SSSR count). The summed E-state index contributed by atoms with van der Waals surface area (Å²) < 4.78 is 21.9. The summed E-state index contributed by atoms with van der Waals surface area (Å²) in [5.74, 6) is 1.76. The third-order valence-electron chi connectivity index (χ3n) is 2.33. The Morgan fingerprint density at radius 1 is 1.57 bits per heavy atom. The van der Waals surface area contributed by atoms with E-state index in [-0.39, 0.29) is 6.54 Å². The lowest BCUT2D eigenvalue weighted by atomic mass is 10.4. The highest BCUT2D eigenvalue weighted by Gasteiger charge is 2.52. The zero-order valence-corrected chi connectivity index (χ0v) is 10.0. The second kappa shape index (κ2) is 3.91. The minimum absolute atomic E-state index is 0.159. The van der Waals surface area contributed by atoms with Crippen LogP contribution >= 0.6 is 15.9 Å². The third kappa shape index (κ3) is 2.49. The molecule has 1 amide bonds. The van der Waals surface area contributed by atoms with Crippen LogP contribution in [-0.2, 0) is 14.6 Å². The Balaban J connectivity index is 2.54. The Bertz CT molecular complexity index is 400. The maximum atomic E-state index is 11.3. The van der Waals surface area contributed by atoms with Gasteiger partial charge in [0.1, 0.15) is 0 Å². The highest BCUT2D eigenvalue weighted by atomic mass is 79.9. The molecule has 0 saturated heterocycles. The van der Waals surface area contributed by atoms with E-state index in [0.717, 1.165) is 0 Å². The molecule has 1 N–H and O–H groups in total. The maximum absolute atomic E-state index is 11.3. The molecule has 1 fully saturated rings.